The number of nitrogens with one attached hydrogen (secondary N) is 1. The number of H-pyrrole nitrogens is 1. The Bertz CT molecular complexity index is 958. The van der Waals surface area contributed by atoms with Gasteiger partial charge in [0.2, 0.25) is 5.91 Å². The summed E-state index contributed by atoms with van der Waals surface area (Å²) in [6.07, 6.45) is 8.24. The second kappa shape index (κ2) is 9.48. The Labute approximate surface area is 185 Å². The lowest BCUT2D eigenvalue weighted by Crippen LogP contribution is -2.43. The van der Waals surface area contributed by atoms with E-state index in [4.69, 9.17) is 0 Å². The van der Waals surface area contributed by atoms with Gasteiger partial charge >= 0.3 is 0 Å². The van der Waals surface area contributed by atoms with Crippen molar-refractivity contribution < 1.29 is 4.79 Å². The number of piperidine rings is 1. The monoisotopic (exact) mass is 416 g/mol. The molecule has 1 aromatic heterocycles. The van der Waals surface area contributed by atoms with E-state index in [1.165, 1.54) is 11.1 Å². The Morgan fingerprint density at radius 1 is 1.06 bits per heavy atom. The molecule has 0 saturated carbocycles. The maximum absolute atomic E-state index is 11.6. The molecule has 3 aromatic rings. The molecule has 1 amide bonds. The van der Waals surface area contributed by atoms with Crippen molar-refractivity contribution in [2.24, 2.45) is 0 Å². The van der Waals surface area contributed by atoms with Crippen molar-refractivity contribution in [1.29, 1.82) is 0 Å². The van der Waals surface area contributed by atoms with Crippen molar-refractivity contribution in [1.82, 2.24) is 14.9 Å². The summed E-state index contributed by atoms with van der Waals surface area (Å²) in [4.78, 5) is 23.8. The Hall–Kier alpha value is -2.92. The minimum atomic E-state index is 0.0496. The molecule has 1 aliphatic rings. The number of aromatic amines is 1. The number of rotatable bonds is 7. The minimum absolute atomic E-state index is 0.0496. The first-order valence-corrected chi connectivity index (χ1v) is 11.2. The molecule has 0 spiro atoms. The van der Waals surface area contributed by atoms with Crippen molar-refractivity contribution >= 4 is 11.6 Å². The molecular weight excluding hydrogens is 384 g/mol. The van der Waals surface area contributed by atoms with Crippen LogP contribution in [0.2, 0.25) is 0 Å². The predicted molar refractivity (Wildman–Crippen MR) is 125 cm³/mol. The molecule has 2 aromatic carbocycles. The SMILES string of the molecule is CC(=O)N(C)c1ccc(CN2CCC(CCc3ccccc3)(c3ncc[nH]3)CC2)cc1. The molecule has 31 heavy (non-hydrogen) atoms. The lowest BCUT2D eigenvalue weighted by molar-refractivity contribution is -0.116. The third-order valence-electron chi connectivity index (χ3n) is 6.75. The molecule has 0 atom stereocenters. The van der Waals surface area contributed by atoms with Crippen LogP contribution >= 0.6 is 0 Å². The van der Waals surface area contributed by atoms with Crippen molar-refractivity contribution in [3.63, 3.8) is 0 Å². The molecule has 2 heterocycles. The number of imidazole rings is 1. The molecule has 4 rings (SSSR count). The number of hydrogen-bond donors (Lipinski definition) is 1. The van der Waals surface area contributed by atoms with Crippen molar-refractivity contribution in [3.05, 3.63) is 83.9 Å². The van der Waals surface area contributed by atoms with E-state index < -0.39 is 0 Å². The van der Waals surface area contributed by atoms with Crippen molar-refractivity contribution in [2.45, 2.75) is 44.6 Å². The van der Waals surface area contributed by atoms with E-state index in [1.54, 1.807) is 11.8 Å². The summed E-state index contributed by atoms with van der Waals surface area (Å²) in [6.45, 7) is 4.65. The number of carbonyl (C=O) groups excluding carboxylic acids is 1. The molecule has 0 unspecified atom stereocenters. The Morgan fingerprint density at radius 2 is 1.77 bits per heavy atom. The summed E-state index contributed by atoms with van der Waals surface area (Å²) in [7, 11) is 1.81. The second-order valence-electron chi connectivity index (χ2n) is 8.72. The molecular formula is C26H32N4O. The molecule has 0 bridgehead atoms. The number of aromatic nitrogens is 2. The fourth-order valence-corrected chi connectivity index (χ4v) is 4.59. The average Bonchev–Trinajstić information content (AvgIpc) is 3.35. The highest BCUT2D eigenvalue weighted by molar-refractivity contribution is 5.90. The summed E-state index contributed by atoms with van der Waals surface area (Å²) >= 11 is 0. The number of likely N-dealkylation sites (tertiary alicyclic amines) is 1. The normalized spacial score (nSPS) is 16.2. The van der Waals surface area contributed by atoms with E-state index in [-0.39, 0.29) is 11.3 Å². The van der Waals surface area contributed by atoms with Crippen LogP contribution in [0.25, 0.3) is 0 Å². The van der Waals surface area contributed by atoms with Gasteiger partial charge in [0.1, 0.15) is 5.82 Å². The molecule has 162 valence electrons. The molecule has 1 aliphatic heterocycles. The van der Waals surface area contributed by atoms with Gasteiger partial charge in [0.25, 0.3) is 0 Å². The van der Waals surface area contributed by atoms with Crippen LogP contribution in [0.4, 0.5) is 5.69 Å². The summed E-state index contributed by atoms with van der Waals surface area (Å²) in [5, 5.41) is 0. The average molecular weight is 417 g/mol. The van der Waals surface area contributed by atoms with Crippen LogP contribution in [0.5, 0.6) is 0 Å². The smallest absolute Gasteiger partial charge is 0.223 e. The van der Waals surface area contributed by atoms with Crippen LogP contribution < -0.4 is 4.90 Å². The third kappa shape index (κ3) is 5.05. The maximum atomic E-state index is 11.6. The Balaban J connectivity index is 1.39. The van der Waals surface area contributed by atoms with Crippen LogP contribution in [0, 0.1) is 0 Å². The van der Waals surface area contributed by atoms with Gasteiger partial charge in [0.05, 0.1) is 0 Å². The number of nitrogens with zero attached hydrogens (tertiary/aromatic N) is 3. The minimum Gasteiger partial charge on any atom is -0.348 e. The maximum Gasteiger partial charge on any atom is 0.223 e. The first-order valence-electron chi connectivity index (χ1n) is 11.2. The van der Waals surface area contributed by atoms with E-state index in [9.17, 15) is 4.79 Å². The predicted octanol–water partition coefficient (Wildman–Crippen LogP) is 4.56. The van der Waals surface area contributed by atoms with Gasteiger partial charge in [-0.1, -0.05) is 42.5 Å². The molecule has 1 N–H and O–H groups in total. The highest BCUT2D eigenvalue weighted by Gasteiger charge is 2.37. The number of aryl methyl sites for hydroxylation is 1. The van der Waals surface area contributed by atoms with Gasteiger partial charge in [-0.25, -0.2) is 4.98 Å². The lowest BCUT2D eigenvalue weighted by atomic mass is 9.73. The van der Waals surface area contributed by atoms with Crippen LogP contribution in [0.3, 0.4) is 0 Å². The van der Waals surface area contributed by atoms with Gasteiger partial charge in [-0.05, 0) is 62.0 Å². The summed E-state index contributed by atoms with van der Waals surface area (Å²) < 4.78 is 0. The number of hydrogen-bond acceptors (Lipinski definition) is 3. The highest BCUT2D eigenvalue weighted by atomic mass is 16.2. The third-order valence-corrected chi connectivity index (χ3v) is 6.75. The summed E-state index contributed by atoms with van der Waals surface area (Å²) in [6, 6.07) is 19.1. The first-order chi connectivity index (χ1) is 15.1. The first kappa shape index (κ1) is 21.3. The van der Waals surface area contributed by atoms with Gasteiger partial charge in [-0.15, -0.1) is 0 Å². The fraction of sp³-hybridized carbons (Fsp3) is 0.385. The van der Waals surface area contributed by atoms with Crippen LogP contribution in [0.15, 0.2) is 67.0 Å². The molecule has 1 saturated heterocycles. The van der Waals surface area contributed by atoms with E-state index in [2.05, 4.69) is 57.3 Å². The van der Waals surface area contributed by atoms with Gasteiger partial charge in [-0.3, -0.25) is 9.69 Å². The van der Waals surface area contributed by atoms with Gasteiger partial charge in [0.15, 0.2) is 0 Å². The number of amides is 1. The second-order valence-corrected chi connectivity index (χ2v) is 8.72. The standard InChI is InChI=1S/C26H32N4O/c1-21(31)29(2)24-10-8-23(9-11-24)20-30-18-14-26(15-19-30,25-27-16-17-28-25)13-12-22-6-4-3-5-7-22/h3-11,16-17H,12-15,18-20H2,1-2H3,(H,27,28). The van der Waals surface area contributed by atoms with Gasteiger partial charge in [-0.2, -0.15) is 0 Å². The molecule has 1 fully saturated rings. The quantitative estimate of drug-likeness (QED) is 0.614. The van der Waals surface area contributed by atoms with Crippen LogP contribution in [0.1, 0.15) is 43.1 Å². The largest absolute Gasteiger partial charge is 0.348 e. The zero-order valence-corrected chi connectivity index (χ0v) is 18.6. The highest BCUT2D eigenvalue weighted by Crippen LogP contribution is 2.38. The zero-order chi connectivity index (χ0) is 21.7. The van der Waals surface area contributed by atoms with Crippen LogP contribution in [-0.2, 0) is 23.2 Å². The van der Waals surface area contributed by atoms with Gasteiger partial charge in [0, 0.05) is 44.0 Å². The van der Waals surface area contributed by atoms with E-state index in [1.807, 2.05) is 31.6 Å². The summed E-state index contributed by atoms with van der Waals surface area (Å²) in [5.41, 5.74) is 3.73. The molecule has 0 aliphatic carbocycles. The number of benzene rings is 2. The Kier molecular flexibility index (Phi) is 6.52. The number of anilines is 1. The lowest BCUT2D eigenvalue weighted by Gasteiger charge is -2.41. The van der Waals surface area contributed by atoms with E-state index in [0.29, 0.717) is 0 Å². The summed E-state index contributed by atoms with van der Waals surface area (Å²) in [5.74, 6) is 1.19. The molecule has 5 nitrogen and oxygen atoms in total. The molecule has 0 radical (unpaired) electrons. The molecule has 5 heteroatoms. The van der Waals surface area contributed by atoms with E-state index in [0.717, 1.165) is 56.8 Å². The van der Waals surface area contributed by atoms with Gasteiger partial charge < -0.3 is 9.88 Å². The fourth-order valence-electron chi connectivity index (χ4n) is 4.59. The van der Waals surface area contributed by atoms with E-state index >= 15 is 0 Å². The van der Waals surface area contributed by atoms with Crippen LogP contribution in [-0.4, -0.2) is 40.9 Å². The van der Waals surface area contributed by atoms with Crippen molar-refractivity contribution in [3.8, 4) is 0 Å². The topological polar surface area (TPSA) is 52.2 Å². The zero-order valence-electron chi connectivity index (χ0n) is 18.6. The van der Waals surface area contributed by atoms with Crippen molar-refractivity contribution in [2.75, 3.05) is 25.0 Å². The Morgan fingerprint density at radius 3 is 2.39 bits per heavy atom. The number of carbonyl (C=O) groups is 1.